The zero-order valence-electron chi connectivity index (χ0n) is 11.4. The molecule has 1 fully saturated rings. The van der Waals surface area contributed by atoms with E-state index >= 15 is 0 Å². The lowest BCUT2D eigenvalue weighted by Gasteiger charge is -2.07. The average molecular weight is 273 g/mol. The second-order valence-corrected chi connectivity index (χ2v) is 5.18. The van der Waals surface area contributed by atoms with E-state index in [1.54, 1.807) is 4.68 Å². The lowest BCUT2D eigenvalue weighted by molar-refractivity contribution is 0.118. The van der Waals surface area contributed by atoms with Crippen LogP contribution < -0.4 is 5.73 Å². The second-order valence-electron chi connectivity index (χ2n) is 5.18. The number of nitrogen functional groups attached to an aromatic ring is 1. The smallest absolute Gasteiger partial charge is 0.184 e. The maximum atomic E-state index is 5.96. The van der Waals surface area contributed by atoms with Crippen molar-refractivity contribution in [2.24, 2.45) is 5.92 Å². The van der Waals surface area contributed by atoms with Crippen LogP contribution in [-0.2, 0) is 11.3 Å². The first-order valence-electron chi connectivity index (χ1n) is 7.03. The van der Waals surface area contributed by atoms with Crippen molar-refractivity contribution >= 4 is 5.69 Å². The Bertz CT molecular complexity index is 564. The molecule has 2 N–H and O–H groups in total. The zero-order chi connectivity index (χ0) is 13.8. The maximum absolute atomic E-state index is 5.96. The molecule has 1 aromatic carbocycles. The highest BCUT2D eigenvalue weighted by Gasteiger charge is 2.20. The first-order chi connectivity index (χ1) is 9.84. The predicted molar refractivity (Wildman–Crippen MR) is 75.8 cm³/mol. The summed E-state index contributed by atoms with van der Waals surface area (Å²) >= 11 is 0. The SMILES string of the molecule is Nc1ccccc1-c1nnnn1CCCOCC1CC1. The summed E-state index contributed by atoms with van der Waals surface area (Å²) in [4.78, 5) is 0. The molecule has 2 aromatic rings. The molecule has 1 aliphatic carbocycles. The Labute approximate surface area is 117 Å². The van der Waals surface area contributed by atoms with Gasteiger partial charge in [0, 0.05) is 31.0 Å². The Hall–Kier alpha value is -1.95. The van der Waals surface area contributed by atoms with Gasteiger partial charge in [-0.3, -0.25) is 0 Å². The number of aryl methyl sites for hydroxylation is 1. The number of tetrazole rings is 1. The topological polar surface area (TPSA) is 78.9 Å². The van der Waals surface area contributed by atoms with Gasteiger partial charge in [0.15, 0.2) is 5.82 Å². The summed E-state index contributed by atoms with van der Waals surface area (Å²) in [7, 11) is 0. The van der Waals surface area contributed by atoms with E-state index in [1.807, 2.05) is 24.3 Å². The third-order valence-electron chi connectivity index (χ3n) is 3.44. The van der Waals surface area contributed by atoms with Crippen LogP contribution in [0, 0.1) is 5.92 Å². The number of aromatic nitrogens is 4. The fourth-order valence-corrected chi connectivity index (χ4v) is 2.10. The standard InChI is InChI=1S/C14H19N5O/c15-13-5-2-1-4-12(13)14-16-17-18-19(14)8-3-9-20-10-11-6-7-11/h1-2,4-5,11H,3,6-10,15H2. The van der Waals surface area contributed by atoms with Crippen LogP contribution >= 0.6 is 0 Å². The van der Waals surface area contributed by atoms with E-state index < -0.39 is 0 Å². The van der Waals surface area contributed by atoms with Gasteiger partial charge in [-0.15, -0.1) is 5.10 Å². The molecule has 0 bridgehead atoms. The summed E-state index contributed by atoms with van der Waals surface area (Å²) in [5, 5.41) is 11.8. The molecule has 1 heterocycles. The fraction of sp³-hybridized carbons (Fsp3) is 0.500. The van der Waals surface area contributed by atoms with Crippen molar-refractivity contribution in [1.82, 2.24) is 20.2 Å². The fourth-order valence-electron chi connectivity index (χ4n) is 2.10. The van der Waals surface area contributed by atoms with Crippen molar-refractivity contribution in [1.29, 1.82) is 0 Å². The first-order valence-corrected chi connectivity index (χ1v) is 7.03. The van der Waals surface area contributed by atoms with Gasteiger partial charge in [-0.2, -0.15) is 0 Å². The molecule has 106 valence electrons. The largest absolute Gasteiger partial charge is 0.398 e. The van der Waals surface area contributed by atoms with Crippen molar-refractivity contribution in [3.63, 3.8) is 0 Å². The molecule has 0 radical (unpaired) electrons. The maximum Gasteiger partial charge on any atom is 0.184 e. The van der Waals surface area contributed by atoms with Crippen molar-refractivity contribution in [3.05, 3.63) is 24.3 Å². The number of para-hydroxylation sites is 1. The third-order valence-corrected chi connectivity index (χ3v) is 3.44. The van der Waals surface area contributed by atoms with E-state index in [1.165, 1.54) is 12.8 Å². The van der Waals surface area contributed by atoms with Crippen LogP contribution in [0.4, 0.5) is 5.69 Å². The molecule has 1 aliphatic rings. The molecule has 0 saturated heterocycles. The minimum atomic E-state index is 0.688. The Balaban J connectivity index is 1.57. The lowest BCUT2D eigenvalue weighted by atomic mass is 10.1. The van der Waals surface area contributed by atoms with Gasteiger partial charge in [0.1, 0.15) is 0 Å². The van der Waals surface area contributed by atoms with Gasteiger partial charge in [0.05, 0.1) is 0 Å². The van der Waals surface area contributed by atoms with Crippen LogP contribution in [0.1, 0.15) is 19.3 Å². The van der Waals surface area contributed by atoms with E-state index in [2.05, 4.69) is 15.5 Å². The summed E-state index contributed by atoms with van der Waals surface area (Å²) < 4.78 is 7.40. The molecule has 6 heteroatoms. The van der Waals surface area contributed by atoms with E-state index in [0.717, 1.165) is 37.7 Å². The Morgan fingerprint density at radius 3 is 2.95 bits per heavy atom. The van der Waals surface area contributed by atoms with Gasteiger partial charge >= 0.3 is 0 Å². The van der Waals surface area contributed by atoms with Crippen molar-refractivity contribution in [2.75, 3.05) is 18.9 Å². The molecule has 0 amide bonds. The lowest BCUT2D eigenvalue weighted by Crippen LogP contribution is -2.08. The molecule has 0 atom stereocenters. The van der Waals surface area contributed by atoms with Gasteiger partial charge < -0.3 is 10.5 Å². The average Bonchev–Trinajstić information content (AvgIpc) is 3.17. The van der Waals surface area contributed by atoms with Crippen molar-refractivity contribution in [3.8, 4) is 11.4 Å². The molecular formula is C14H19N5O. The molecular weight excluding hydrogens is 254 g/mol. The van der Waals surface area contributed by atoms with Crippen molar-refractivity contribution < 1.29 is 4.74 Å². The molecule has 0 spiro atoms. The summed E-state index contributed by atoms with van der Waals surface area (Å²) in [6.45, 7) is 2.38. The quantitative estimate of drug-likeness (QED) is 0.614. The third kappa shape index (κ3) is 3.14. The Morgan fingerprint density at radius 2 is 2.15 bits per heavy atom. The number of anilines is 1. The second kappa shape index (κ2) is 6.00. The highest BCUT2D eigenvalue weighted by atomic mass is 16.5. The van der Waals surface area contributed by atoms with E-state index in [0.29, 0.717) is 11.5 Å². The van der Waals surface area contributed by atoms with Gasteiger partial charge in [0.25, 0.3) is 0 Å². The molecule has 0 unspecified atom stereocenters. The van der Waals surface area contributed by atoms with Gasteiger partial charge in [-0.05, 0) is 47.7 Å². The summed E-state index contributed by atoms with van der Waals surface area (Å²) in [6, 6.07) is 7.62. The Morgan fingerprint density at radius 1 is 1.30 bits per heavy atom. The van der Waals surface area contributed by atoms with Crippen LogP contribution in [0.25, 0.3) is 11.4 Å². The molecule has 6 nitrogen and oxygen atoms in total. The van der Waals surface area contributed by atoms with Crippen LogP contribution in [-0.4, -0.2) is 33.4 Å². The van der Waals surface area contributed by atoms with Crippen LogP contribution in [0.2, 0.25) is 0 Å². The molecule has 0 aliphatic heterocycles. The molecule has 3 rings (SSSR count). The molecule has 1 saturated carbocycles. The highest BCUT2D eigenvalue weighted by Crippen LogP contribution is 2.28. The van der Waals surface area contributed by atoms with E-state index in [4.69, 9.17) is 10.5 Å². The molecule has 1 aromatic heterocycles. The normalized spacial score (nSPS) is 14.6. The summed E-state index contributed by atoms with van der Waals surface area (Å²) in [5.41, 5.74) is 7.52. The van der Waals surface area contributed by atoms with Gasteiger partial charge in [0.2, 0.25) is 0 Å². The number of hydrogen-bond donors (Lipinski definition) is 1. The molecule has 20 heavy (non-hydrogen) atoms. The number of hydrogen-bond acceptors (Lipinski definition) is 5. The van der Waals surface area contributed by atoms with Crippen LogP contribution in [0.15, 0.2) is 24.3 Å². The summed E-state index contributed by atoms with van der Waals surface area (Å²) in [5.74, 6) is 1.52. The van der Waals surface area contributed by atoms with Gasteiger partial charge in [-0.25, -0.2) is 4.68 Å². The van der Waals surface area contributed by atoms with Crippen molar-refractivity contribution in [2.45, 2.75) is 25.8 Å². The van der Waals surface area contributed by atoms with Crippen LogP contribution in [0.5, 0.6) is 0 Å². The number of benzene rings is 1. The van der Waals surface area contributed by atoms with Gasteiger partial charge in [-0.1, -0.05) is 12.1 Å². The minimum absolute atomic E-state index is 0.688. The highest BCUT2D eigenvalue weighted by molar-refractivity contribution is 5.70. The number of rotatable bonds is 7. The van der Waals surface area contributed by atoms with Crippen LogP contribution in [0.3, 0.4) is 0 Å². The van der Waals surface area contributed by atoms with E-state index in [-0.39, 0.29) is 0 Å². The summed E-state index contributed by atoms with van der Waals surface area (Å²) in [6.07, 6.45) is 3.55. The minimum Gasteiger partial charge on any atom is -0.398 e. The zero-order valence-corrected chi connectivity index (χ0v) is 11.4. The Kier molecular flexibility index (Phi) is 3.92. The predicted octanol–water partition coefficient (Wildman–Crippen LogP) is 1.74. The number of nitrogens with zero attached hydrogens (tertiary/aromatic N) is 4. The first kappa shape index (κ1) is 13.1. The number of nitrogens with two attached hydrogens (primary N) is 1. The van der Waals surface area contributed by atoms with E-state index in [9.17, 15) is 0 Å². The number of ether oxygens (including phenoxy) is 1. The monoisotopic (exact) mass is 273 g/mol.